The number of hydrogen-bond donors (Lipinski definition) is 0. The second-order valence-corrected chi connectivity index (χ2v) is 6.63. The van der Waals surface area contributed by atoms with Crippen molar-refractivity contribution < 1.29 is 14.3 Å². The third kappa shape index (κ3) is 3.55. The molecule has 0 bridgehead atoms. The van der Waals surface area contributed by atoms with Crippen molar-refractivity contribution in [1.29, 1.82) is 0 Å². The first-order chi connectivity index (χ1) is 10.7. The number of carbonyl (C=O) groups is 2. The first kappa shape index (κ1) is 15.2. The van der Waals surface area contributed by atoms with E-state index in [2.05, 4.69) is 0 Å². The molecule has 1 aromatic carbocycles. The number of methoxy groups -OCH3 is 1. The number of amides is 2. The van der Waals surface area contributed by atoms with E-state index in [1.807, 2.05) is 29.2 Å². The zero-order chi connectivity index (χ0) is 15.5. The van der Waals surface area contributed by atoms with Crippen LogP contribution >= 0.6 is 11.8 Å². The highest BCUT2D eigenvalue weighted by molar-refractivity contribution is 8.00. The van der Waals surface area contributed by atoms with E-state index in [4.69, 9.17) is 4.74 Å². The lowest BCUT2D eigenvalue weighted by molar-refractivity contribution is -0.138. The van der Waals surface area contributed by atoms with Gasteiger partial charge in [0, 0.05) is 12.6 Å². The van der Waals surface area contributed by atoms with Crippen molar-refractivity contribution >= 4 is 23.6 Å². The van der Waals surface area contributed by atoms with Gasteiger partial charge in [0.15, 0.2) is 0 Å². The summed E-state index contributed by atoms with van der Waals surface area (Å²) in [7, 11) is 1.64. The van der Waals surface area contributed by atoms with Gasteiger partial charge in [-0.2, -0.15) is 0 Å². The summed E-state index contributed by atoms with van der Waals surface area (Å²) in [5.74, 6) is 2.06. The fourth-order valence-corrected chi connectivity index (χ4v) is 3.43. The Bertz CT molecular complexity index is 557. The predicted molar refractivity (Wildman–Crippen MR) is 85.6 cm³/mol. The molecule has 2 aliphatic rings. The SMILES string of the molecule is COc1ccc(CN(C(=O)CN2CSCC2=O)C2CC2)cc1. The maximum absolute atomic E-state index is 12.6. The molecule has 1 saturated heterocycles. The summed E-state index contributed by atoms with van der Waals surface area (Å²) >= 11 is 1.57. The van der Waals surface area contributed by atoms with E-state index in [0.717, 1.165) is 24.2 Å². The zero-order valence-corrected chi connectivity index (χ0v) is 13.5. The lowest BCUT2D eigenvalue weighted by Gasteiger charge is -2.25. The molecular weight excluding hydrogens is 300 g/mol. The minimum Gasteiger partial charge on any atom is -0.497 e. The van der Waals surface area contributed by atoms with Crippen LogP contribution in [0.25, 0.3) is 0 Å². The number of rotatable bonds is 6. The molecule has 0 unspecified atom stereocenters. The van der Waals surface area contributed by atoms with Gasteiger partial charge in [-0.1, -0.05) is 12.1 Å². The number of benzene rings is 1. The average Bonchev–Trinajstić information content (AvgIpc) is 3.29. The molecule has 6 heteroatoms. The number of carbonyl (C=O) groups excluding carboxylic acids is 2. The molecule has 0 radical (unpaired) electrons. The van der Waals surface area contributed by atoms with Crippen LogP contribution in [0.2, 0.25) is 0 Å². The molecule has 1 aromatic rings. The van der Waals surface area contributed by atoms with Crippen LogP contribution in [0.4, 0.5) is 0 Å². The van der Waals surface area contributed by atoms with Crippen LogP contribution in [-0.2, 0) is 16.1 Å². The van der Waals surface area contributed by atoms with Crippen molar-refractivity contribution in [2.45, 2.75) is 25.4 Å². The zero-order valence-electron chi connectivity index (χ0n) is 12.7. The van der Waals surface area contributed by atoms with Gasteiger partial charge in [0.1, 0.15) is 12.3 Å². The fraction of sp³-hybridized carbons (Fsp3) is 0.500. The van der Waals surface area contributed by atoms with Gasteiger partial charge in [0.2, 0.25) is 11.8 Å². The van der Waals surface area contributed by atoms with Crippen molar-refractivity contribution in [1.82, 2.24) is 9.80 Å². The predicted octanol–water partition coefficient (Wildman–Crippen LogP) is 1.72. The molecule has 0 aromatic heterocycles. The number of hydrogen-bond acceptors (Lipinski definition) is 4. The standard InChI is InChI=1S/C16H20N2O3S/c1-21-14-6-2-12(3-7-14)8-18(13-4-5-13)15(19)9-17-11-22-10-16(17)20/h2-3,6-7,13H,4-5,8-11H2,1H3. The van der Waals surface area contributed by atoms with E-state index in [1.54, 1.807) is 23.8 Å². The van der Waals surface area contributed by atoms with Crippen molar-refractivity contribution in [3.8, 4) is 5.75 Å². The minimum atomic E-state index is 0.0502. The third-order valence-corrected chi connectivity index (χ3v) is 4.92. The minimum absolute atomic E-state index is 0.0502. The van der Waals surface area contributed by atoms with Crippen LogP contribution in [0.5, 0.6) is 5.75 Å². The highest BCUT2D eigenvalue weighted by Crippen LogP contribution is 2.29. The number of thioether (sulfide) groups is 1. The second kappa shape index (κ2) is 6.60. The van der Waals surface area contributed by atoms with Gasteiger partial charge >= 0.3 is 0 Å². The Morgan fingerprint density at radius 3 is 2.64 bits per heavy atom. The van der Waals surface area contributed by atoms with Gasteiger partial charge in [0.25, 0.3) is 0 Å². The van der Waals surface area contributed by atoms with Crippen LogP contribution < -0.4 is 4.74 Å². The van der Waals surface area contributed by atoms with Crippen LogP contribution in [0, 0.1) is 0 Å². The Kier molecular flexibility index (Phi) is 4.57. The van der Waals surface area contributed by atoms with Gasteiger partial charge in [-0.05, 0) is 30.5 Å². The van der Waals surface area contributed by atoms with Crippen LogP contribution in [0.15, 0.2) is 24.3 Å². The maximum Gasteiger partial charge on any atom is 0.242 e. The molecule has 2 fully saturated rings. The molecular formula is C16H20N2O3S. The van der Waals surface area contributed by atoms with Crippen molar-refractivity contribution in [2.24, 2.45) is 0 Å². The highest BCUT2D eigenvalue weighted by Gasteiger charge is 2.34. The Morgan fingerprint density at radius 1 is 1.36 bits per heavy atom. The molecule has 0 N–H and O–H groups in total. The molecule has 1 aliphatic carbocycles. The van der Waals surface area contributed by atoms with E-state index in [1.165, 1.54) is 0 Å². The van der Waals surface area contributed by atoms with Gasteiger partial charge in [0.05, 0.1) is 18.7 Å². The van der Waals surface area contributed by atoms with E-state index >= 15 is 0 Å². The summed E-state index contributed by atoms with van der Waals surface area (Å²) in [5, 5.41) is 0. The summed E-state index contributed by atoms with van der Waals surface area (Å²) < 4.78 is 5.15. The van der Waals surface area contributed by atoms with E-state index in [0.29, 0.717) is 24.2 Å². The Hall–Kier alpha value is -1.69. The number of nitrogens with zero attached hydrogens (tertiary/aromatic N) is 2. The summed E-state index contributed by atoms with van der Waals surface area (Å²) in [6.07, 6.45) is 2.12. The average molecular weight is 320 g/mol. The van der Waals surface area contributed by atoms with Crippen molar-refractivity contribution in [2.75, 3.05) is 25.3 Å². The first-order valence-corrected chi connectivity index (χ1v) is 8.61. The summed E-state index contributed by atoms with van der Waals surface area (Å²) in [6, 6.07) is 8.12. The first-order valence-electron chi connectivity index (χ1n) is 7.45. The van der Waals surface area contributed by atoms with Gasteiger partial charge in [-0.15, -0.1) is 11.8 Å². The molecule has 1 saturated carbocycles. The van der Waals surface area contributed by atoms with Gasteiger partial charge < -0.3 is 14.5 Å². The lowest BCUT2D eigenvalue weighted by Crippen LogP contribution is -2.41. The smallest absolute Gasteiger partial charge is 0.242 e. The normalized spacial score (nSPS) is 17.7. The molecule has 1 heterocycles. The summed E-state index contributed by atoms with van der Waals surface area (Å²) in [5.41, 5.74) is 1.09. The van der Waals surface area contributed by atoms with Crippen LogP contribution in [0.3, 0.4) is 0 Å². The van der Waals surface area contributed by atoms with Crippen molar-refractivity contribution in [3.63, 3.8) is 0 Å². The van der Waals surface area contributed by atoms with Crippen LogP contribution in [-0.4, -0.2) is 52.9 Å². The Labute approximate surface area is 134 Å². The lowest BCUT2D eigenvalue weighted by atomic mass is 10.2. The summed E-state index contributed by atoms with van der Waals surface area (Å²) in [6.45, 7) is 0.807. The quantitative estimate of drug-likeness (QED) is 0.801. The molecule has 0 atom stereocenters. The van der Waals surface area contributed by atoms with Crippen molar-refractivity contribution in [3.05, 3.63) is 29.8 Å². The fourth-order valence-electron chi connectivity index (χ4n) is 2.53. The van der Waals surface area contributed by atoms with Gasteiger partial charge in [-0.3, -0.25) is 9.59 Å². The van der Waals surface area contributed by atoms with Gasteiger partial charge in [-0.25, -0.2) is 0 Å². The van der Waals surface area contributed by atoms with E-state index < -0.39 is 0 Å². The largest absolute Gasteiger partial charge is 0.497 e. The Balaban J connectivity index is 1.64. The topological polar surface area (TPSA) is 49.9 Å². The number of ether oxygens (including phenoxy) is 1. The molecule has 0 spiro atoms. The molecule has 22 heavy (non-hydrogen) atoms. The monoisotopic (exact) mass is 320 g/mol. The summed E-state index contributed by atoms with van der Waals surface area (Å²) in [4.78, 5) is 27.8. The van der Waals surface area contributed by atoms with Crippen LogP contribution in [0.1, 0.15) is 18.4 Å². The van der Waals surface area contributed by atoms with E-state index in [9.17, 15) is 9.59 Å². The Morgan fingerprint density at radius 2 is 2.09 bits per heavy atom. The highest BCUT2D eigenvalue weighted by atomic mass is 32.2. The third-order valence-electron chi connectivity index (χ3n) is 3.97. The molecule has 118 valence electrons. The molecule has 5 nitrogen and oxygen atoms in total. The second-order valence-electron chi connectivity index (χ2n) is 5.67. The molecule has 2 amide bonds. The molecule has 1 aliphatic heterocycles. The van der Waals surface area contributed by atoms with E-state index in [-0.39, 0.29) is 18.4 Å². The maximum atomic E-state index is 12.6. The molecule has 3 rings (SSSR count).